The highest BCUT2D eigenvalue weighted by atomic mass is 16.5. The Labute approximate surface area is 77.5 Å². The normalized spacial score (nSPS) is 24.5. The molecule has 0 radical (unpaired) electrons. The van der Waals surface area contributed by atoms with Crippen LogP contribution in [0.1, 0.15) is 26.7 Å². The number of hydrogen-bond acceptors (Lipinski definition) is 3. The topological polar surface area (TPSA) is 66.8 Å². The molecule has 0 bridgehead atoms. The van der Waals surface area contributed by atoms with Gasteiger partial charge in [-0.05, 0) is 13.3 Å². The van der Waals surface area contributed by atoms with Crippen molar-refractivity contribution in [3.05, 3.63) is 0 Å². The maximum absolute atomic E-state index is 11.0. The molecule has 76 valence electrons. The zero-order valence-corrected chi connectivity index (χ0v) is 8.04. The first kappa shape index (κ1) is 10.5. The summed E-state index contributed by atoms with van der Waals surface area (Å²) < 4.78 is 4.87. The van der Waals surface area contributed by atoms with Crippen LogP contribution in [0.5, 0.6) is 0 Å². The van der Waals surface area contributed by atoms with Crippen molar-refractivity contribution in [2.24, 2.45) is 5.41 Å². The summed E-state index contributed by atoms with van der Waals surface area (Å²) in [6, 6.07) is 0. The van der Waals surface area contributed by atoms with E-state index in [0.717, 1.165) is 6.42 Å². The molecule has 1 atom stereocenters. The third-order valence-corrected chi connectivity index (χ3v) is 2.93. The fourth-order valence-corrected chi connectivity index (χ4v) is 1.65. The van der Waals surface area contributed by atoms with E-state index in [9.17, 15) is 9.90 Å². The van der Waals surface area contributed by atoms with Crippen molar-refractivity contribution >= 4 is 5.97 Å². The lowest BCUT2D eigenvalue weighted by Crippen LogP contribution is -2.63. The van der Waals surface area contributed by atoms with E-state index >= 15 is 0 Å². The molecule has 13 heavy (non-hydrogen) atoms. The van der Waals surface area contributed by atoms with Crippen LogP contribution in [0.3, 0.4) is 0 Å². The Bertz CT molecular complexity index is 210. The van der Waals surface area contributed by atoms with Gasteiger partial charge >= 0.3 is 5.97 Å². The van der Waals surface area contributed by atoms with Crippen molar-refractivity contribution in [3.8, 4) is 0 Å². The molecule has 1 unspecified atom stereocenters. The second kappa shape index (κ2) is 3.27. The summed E-state index contributed by atoms with van der Waals surface area (Å²) >= 11 is 0. The van der Waals surface area contributed by atoms with Gasteiger partial charge in [-0.2, -0.15) is 0 Å². The Morgan fingerprint density at radius 2 is 2.15 bits per heavy atom. The van der Waals surface area contributed by atoms with Crippen LogP contribution >= 0.6 is 0 Å². The van der Waals surface area contributed by atoms with E-state index in [0.29, 0.717) is 6.42 Å². The maximum atomic E-state index is 11.0. The number of carboxylic acid groups (broad SMARTS) is 1. The Morgan fingerprint density at radius 3 is 2.38 bits per heavy atom. The van der Waals surface area contributed by atoms with E-state index in [2.05, 4.69) is 0 Å². The van der Waals surface area contributed by atoms with Crippen LogP contribution in [0.15, 0.2) is 0 Å². The van der Waals surface area contributed by atoms with Crippen LogP contribution in [-0.2, 0) is 9.53 Å². The van der Waals surface area contributed by atoms with Crippen LogP contribution in [0, 0.1) is 5.41 Å². The van der Waals surface area contributed by atoms with Gasteiger partial charge in [0, 0.05) is 0 Å². The third kappa shape index (κ3) is 1.44. The quantitative estimate of drug-likeness (QED) is 0.679. The molecule has 0 aromatic heterocycles. The van der Waals surface area contributed by atoms with Crippen molar-refractivity contribution < 1.29 is 19.7 Å². The fraction of sp³-hybridized carbons (Fsp3) is 0.889. The average molecular weight is 188 g/mol. The highest BCUT2D eigenvalue weighted by Crippen LogP contribution is 2.41. The summed E-state index contributed by atoms with van der Waals surface area (Å²) in [6.07, 6.45) is 1.22. The lowest BCUT2D eigenvalue weighted by atomic mass is 9.69. The van der Waals surface area contributed by atoms with Gasteiger partial charge in [-0.25, -0.2) is 0 Å². The zero-order valence-electron chi connectivity index (χ0n) is 8.04. The average Bonchev–Trinajstić information content (AvgIpc) is 2.00. The SMILES string of the molecule is CCCC(C)(C(=O)O)C1(O)COC1. The zero-order chi connectivity index (χ0) is 10.1. The summed E-state index contributed by atoms with van der Waals surface area (Å²) in [5, 5.41) is 19.0. The molecule has 1 aliphatic heterocycles. The molecule has 0 saturated carbocycles. The molecular weight excluding hydrogens is 172 g/mol. The first-order valence-corrected chi connectivity index (χ1v) is 4.50. The first-order valence-electron chi connectivity index (χ1n) is 4.50. The van der Waals surface area contributed by atoms with E-state index < -0.39 is 17.0 Å². The molecule has 1 fully saturated rings. The Kier molecular flexibility index (Phi) is 2.63. The summed E-state index contributed by atoms with van der Waals surface area (Å²) in [5.74, 6) is -0.944. The Morgan fingerprint density at radius 1 is 1.62 bits per heavy atom. The molecule has 0 amide bonds. The number of carbonyl (C=O) groups is 1. The predicted molar refractivity (Wildman–Crippen MR) is 46.4 cm³/mol. The molecule has 0 aliphatic carbocycles. The van der Waals surface area contributed by atoms with Crippen LogP contribution in [0.4, 0.5) is 0 Å². The summed E-state index contributed by atoms with van der Waals surface area (Å²) in [6.45, 7) is 3.76. The number of aliphatic hydroxyl groups is 1. The van der Waals surface area contributed by atoms with Crippen molar-refractivity contribution in [2.75, 3.05) is 13.2 Å². The second-order valence-corrected chi connectivity index (χ2v) is 3.91. The minimum absolute atomic E-state index is 0.135. The van der Waals surface area contributed by atoms with E-state index in [1.807, 2.05) is 6.92 Å². The smallest absolute Gasteiger partial charge is 0.312 e. The van der Waals surface area contributed by atoms with Gasteiger partial charge in [0.1, 0.15) is 5.60 Å². The van der Waals surface area contributed by atoms with Gasteiger partial charge in [-0.15, -0.1) is 0 Å². The molecule has 0 aromatic rings. The van der Waals surface area contributed by atoms with E-state index in [4.69, 9.17) is 9.84 Å². The van der Waals surface area contributed by atoms with E-state index in [-0.39, 0.29) is 13.2 Å². The van der Waals surface area contributed by atoms with Crippen LogP contribution in [0.25, 0.3) is 0 Å². The maximum Gasteiger partial charge on any atom is 0.312 e. The van der Waals surface area contributed by atoms with Crippen molar-refractivity contribution in [2.45, 2.75) is 32.3 Å². The standard InChI is InChI=1S/C9H16O4/c1-3-4-8(2,7(10)11)9(12)5-13-6-9/h12H,3-6H2,1-2H3,(H,10,11). The minimum Gasteiger partial charge on any atom is -0.481 e. The number of ether oxygens (including phenoxy) is 1. The van der Waals surface area contributed by atoms with Gasteiger partial charge in [0.25, 0.3) is 0 Å². The summed E-state index contributed by atoms with van der Waals surface area (Å²) in [5.41, 5.74) is -2.24. The molecule has 4 heteroatoms. The van der Waals surface area contributed by atoms with Crippen molar-refractivity contribution in [1.82, 2.24) is 0 Å². The van der Waals surface area contributed by atoms with Gasteiger partial charge in [-0.1, -0.05) is 13.3 Å². The molecule has 1 aliphatic rings. The first-order chi connectivity index (χ1) is 5.96. The van der Waals surface area contributed by atoms with Gasteiger partial charge in [0.05, 0.1) is 18.6 Å². The molecule has 0 spiro atoms. The molecular formula is C9H16O4. The second-order valence-electron chi connectivity index (χ2n) is 3.91. The predicted octanol–water partition coefficient (Wildman–Crippen LogP) is 0.639. The van der Waals surface area contributed by atoms with Gasteiger partial charge < -0.3 is 14.9 Å². The third-order valence-electron chi connectivity index (χ3n) is 2.93. The highest BCUT2D eigenvalue weighted by molar-refractivity contribution is 5.76. The molecule has 2 N–H and O–H groups in total. The molecule has 4 nitrogen and oxygen atoms in total. The summed E-state index contributed by atoms with van der Waals surface area (Å²) in [4.78, 5) is 11.0. The van der Waals surface area contributed by atoms with Crippen LogP contribution in [-0.4, -0.2) is 35.0 Å². The van der Waals surface area contributed by atoms with E-state index in [1.54, 1.807) is 6.92 Å². The molecule has 1 rings (SSSR count). The minimum atomic E-state index is -1.17. The highest BCUT2D eigenvalue weighted by Gasteiger charge is 2.56. The lowest BCUT2D eigenvalue weighted by molar-refractivity contribution is -0.242. The largest absolute Gasteiger partial charge is 0.481 e. The number of rotatable bonds is 4. The monoisotopic (exact) mass is 188 g/mol. The Hall–Kier alpha value is -0.610. The van der Waals surface area contributed by atoms with Crippen LogP contribution in [0.2, 0.25) is 0 Å². The summed E-state index contributed by atoms with van der Waals surface area (Å²) in [7, 11) is 0. The van der Waals surface area contributed by atoms with Crippen molar-refractivity contribution in [3.63, 3.8) is 0 Å². The molecule has 1 heterocycles. The van der Waals surface area contributed by atoms with Gasteiger partial charge in [0.15, 0.2) is 0 Å². The molecule has 0 aromatic carbocycles. The van der Waals surface area contributed by atoms with Gasteiger partial charge in [-0.3, -0.25) is 4.79 Å². The van der Waals surface area contributed by atoms with E-state index in [1.165, 1.54) is 0 Å². The van der Waals surface area contributed by atoms with Crippen LogP contribution < -0.4 is 0 Å². The van der Waals surface area contributed by atoms with Crippen molar-refractivity contribution in [1.29, 1.82) is 0 Å². The van der Waals surface area contributed by atoms with Gasteiger partial charge in [0.2, 0.25) is 0 Å². The number of aliphatic carboxylic acids is 1. The number of carboxylic acids is 1. The molecule has 1 saturated heterocycles. The number of hydrogen-bond donors (Lipinski definition) is 2. The fourth-order valence-electron chi connectivity index (χ4n) is 1.65. The lowest BCUT2D eigenvalue weighted by Gasteiger charge is -2.47. The Balaban J connectivity index is 2.83.